The summed E-state index contributed by atoms with van der Waals surface area (Å²) in [6.07, 6.45) is 3.17. The van der Waals surface area contributed by atoms with Crippen LogP contribution in [0, 0.1) is 12.8 Å². The van der Waals surface area contributed by atoms with Crippen molar-refractivity contribution in [1.82, 2.24) is 4.98 Å². The normalized spacial score (nSPS) is 16.4. The third-order valence-electron chi connectivity index (χ3n) is 2.08. The lowest BCUT2D eigenvalue weighted by Gasteiger charge is -1.92. The van der Waals surface area contributed by atoms with Gasteiger partial charge in [-0.05, 0) is 25.7 Å². The van der Waals surface area contributed by atoms with Gasteiger partial charge in [-0.25, -0.2) is 4.98 Å². The van der Waals surface area contributed by atoms with Gasteiger partial charge in [-0.3, -0.25) is 4.79 Å². The molecule has 2 nitrogen and oxygen atoms in total. The Kier molecular flexibility index (Phi) is 1.97. The van der Waals surface area contributed by atoms with Gasteiger partial charge in [0.1, 0.15) is 5.69 Å². The molecule has 1 saturated carbocycles. The zero-order chi connectivity index (χ0) is 8.55. The second-order valence-electron chi connectivity index (χ2n) is 3.32. The van der Waals surface area contributed by atoms with E-state index in [1.165, 1.54) is 12.8 Å². The van der Waals surface area contributed by atoms with Crippen molar-refractivity contribution in [3.63, 3.8) is 0 Å². The number of nitrogens with zero attached hydrogens (tertiary/aromatic N) is 1. The second-order valence-corrected chi connectivity index (χ2v) is 4.38. The van der Waals surface area contributed by atoms with Crippen LogP contribution in [-0.2, 0) is 0 Å². The number of thiazole rings is 1. The first kappa shape index (κ1) is 7.92. The Labute approximate surface area is 75.6 Å². The number of rotatable bonds is 3. The fourth-order valence-corrected chi connectivity index (χ4v) is 1.80. The van der Waals surface area contributed by atoms with E-state index in [1.807, 2.05) is 12.3 Å². The van der Waals surface area contributed by atoms with Crippen molar-refractivity contribution < 1.29 is 4.79 Å². The molecular weight excluding hydrogens is 170 g/mol. The van der Waals surface area contributed by atoms with Crippen LogP contribution < -0.4 is 0 Å². The number of hydrogen-bond acceptors (Lipinski definition) is 3. The third kappa shape index (κ3) is 1.72. The molecule has 0 atom stereocenters. The summed E-state index contributed by atoms with van der Waals surface area (Å²) in [4.78, 5) is 15.6. The summed E-state index contributed by atoms with van der Waals surface area (Å²) in [6.45, 7) is 1.93. The minimum absolute atomic E-state index is 0.224. The molecule has 1 aliphatic carbocycles. The molecule has 0 N–H and O–H groups in total. The van der Waals surface area contributed by atoms with Gasteiger partial charge in [0, 0.05) is 11.8 Å². The predicted molar refractivity (Wildman–Crippen MR) is 48.5 cm³/mol. The number of aromatic nitrogens is 1. The van der Waals surface area contributed by atoms with E-state index in [0.717, 1.165) is 5.01 Å². The van der Waals surface area contributed by atoms with Crippen LogP contribution in [0.1, 0.15) is 34.8 Å². The highest BCUT2D eigenvalue weighted by Gasteiger charge is 2.25. The largest absolute Gasteiger partial charge is 0.292 e. The molecule has 0 radical (unpaired) electrons. The molecule has 0 bridgehead atoms. The molecule has 0 amide bonds. The number of Topliss-reactive ketones (excluding diaryl/α,β-unsaturated/α-hetero) is 1. The molecular formula is C9H11NOS. The van der Waals surface area contributed by atoms with Crippen molar-refractivity contribution in [3.05, 3.63) is 16.1 Å². The van der Waals surface area contributed by atoms with Crippen LogP contribution in [0.2, 0.25) is 0 Å². The number of carbonyl (C=O) groups is 1. The summed E-state index contributed by atoms with van der Waals surface area (Å²) in [5.74, 6) is 0.890. The number of hydrogen-bond donors (Lipinski definition) is 0. The van der Waals surface area contributed by atoms with Crippen molar-refractivity contribution in [3.8, 4) is 0 Å². The Hall–Kier alpha value is -0.700. The maximum atomic E-state index is 11.5. The van der Waals surface area contributed by atoms with E-state index in [9.17, 15) is 4.79 Å². The monoisotopic (exact) mass is 181 g/mol. The van der Waals surface area contributed by atoms with Crippen molar-refractivity contribution >= 4 is 17.1 Å². The maximum absolute atomic E-state index is 11.5. The molecule has 1 heterocycles. The highest BCUT2D eigenvalue weighted by atomic mass is 32.1. The van der Waals surface area contributed by atoms with Crippen molar-refractivity contribution in [2.75, 3.05) is 0 Å². The van der Waals surface area contributed by atoms with E-state index >= 15 is 0 Å². The Bertz CT molecular complexity index is 301. The predicted octanol–water partition coefficient (Wildman–Crippen LogP) is 2.43. The summed E-state index contributed by atoms with van der Waals surface area (Å²) >= 11 is 1.55. The van der Waals surface area contributed by atoms with Crippen LogP contribution in [0.15, 0.2) is 5.38 Å². The van der Waals surface area contributed by atoms with Crippen LogP contribution in [0.3, 0.4) is 0 Å². The SMILES string of the molecule is Cc1nc(C(=O)CC2CC2)cs1. The smallest absolute Gasteiger partial charge is 0.182 e. The van der Waals surface area contributed by atoms with Gasteiger partial charge in [-0.15, -0.1) is 11.3 Å². The van der Waals surface area contributed by atoms with Crippen LogP contribution in [0.25, 0.3) is 0 Å². The van der Waals surface area contributed by atoms with E-state index in [4.69, 9.17) is 0 Å². The average Bonchev–Trinajstić information content (AvgIpc) is 2.72. The molecule has 0 unspecified atom stereocenters. The number of aryl methyl sites for hydroxylation is 1. The maximum Gasteiger partial charge on any atom is 0.182 e. The molecule has 2 rings (SSSR count). The van der Waals surface area contributed by atoms with Crippen LogP contribution >= 0.6 is 11.3 Å². The molecule has 0 aliphatic heterocycles. The van der Waals surface area contributed by atoms with Gasteiger partial charge in [0.15, 0.2) is 5.78 Å². The standard InChI is InChI=1S/C9H11NOS/c1-6-10-8(5-12-6)9(11)4-7-2-3-7/h5,7H,2-4H2,1H3. The quantitative estimate of drug-likeness (QED) is 0.670. The van der Waals surface area contributed by atoms with Crippen molar-refractivity contribution in [2.45, 2.75) is 26.2 Å². The molecule has 3 heteroatoms. The highest BCUT2D eigenvalue weighted by molar-refractivity contribution is 7.09. The Morgan fingerprint density at radius 3 is 3.00 bits per heavy atom. The van der Waals surface area contributed by atoms with E-state index < -0.39 is 0 Å². The lowest BCUT2D eigenvalue weighted by atomic mass is 10.2. The molecule has 0 spiro atoms. The van der Waals surface area contributed by atoms with Gasteiger partial charge in [0.05, 0.1) is 5.01 Å². The van der Waals surface area contributed by atoms with Gasteiger partial charge < -0.3 is 0 Å². The van der Waals surface area contributed by atoms with Crippen molar-refractivity contribution in [1.29, 1.82) is 0 Å². The third-order valence-corrected chi connectivity index (χ3v) is 2.85. The first-order chi connectivity index (χ1) is 5.75. The van der Waals surface area contributed by atoms with Crippen LogP contribution in [-0.4, -0.2) is 10.8 Å². The summed E-state index contributed by atoms with van der Waals surface area (Å²) in [7, 11) is 0. The van der Waals surface area contributed by atoms with E-state index in [-0.39, 0.29) is 5.78 Å². The van der Waals surface area contributed by atoms with Gasteiger partial charge in [0.25, 0.3) is 0 Å². The van der Waals surface area contributed by atoms with Gasteiger partial charge in [0.2, 0.25) is 0 Å². The summed E-state index contributed by atoms with van der Waals surface area (Å²) in [5.41, 5.74) is 0.671. The number of ketones is 1. The lowest BCUT2D eigenvalue weighted by Crippen LogP contribution is -2.00. The minimum Gasteiger partial charge on any atom is -0.292 e. The fourth-order valence-electron chi connectivity index (χ4n) is 1.18. The minimum atomic E-state index is 0.224. The van der Waals surface area contributed by atoms with Crippen LogP contribution in [0.5, 0.6) is 0 Å². The Morgan fingerprint density at radius 2 is 2.50 bits per heavy atom. The van der Waals surface area contributed by atoms with Crippen molar-refractivity contribution in [2.24, 2.45) is 5.92 Å². The Morgan fingerprint density at radius 1 is 1.75 bits per heavy atom. The average molecular weight is 181 g/mol. The molecule has 1 fully saturated rings. The lowest BCUT2D eigenvalue weighted by molar-refractivity contribution is 0.0972. The molecule has 0 saturated heterocycles. The first-order valence-corrected chi connectivity index (χ1v) is 5.09. The second kappa shape index (κ2) is 2.98. The van der Waals surface area contributed by atoms with E-state index in [1.54, 1.807) is 11.3 Å². The topological polar surface area (TPSA) is 30.0 Å². The zero-order valence-electron chi connectivity index (χ0n) is 7.04. The molecule has 0 aromatic carbocycles. The summed E-state index contributed by atoms with van der Waals surface area (Å²) in [5, 5.41) is 2.84. The molecule has 1 aromatic rings. The van der Waals surface area contributed by atoms with E-state index in [2.05, 4.69) is 4.98 Å². The highest BCUT2D eigenvalue weighted by Crippen LogP contribution is 2.33. The number of carbonyl (C=O) groups excluding carboxylic acids is 1. The summed E-state index contributed by atoms with van der Waals surface area (Å²) < 4.78 is 0. The molecule has 64 valence electrons. The van der Waals surface area contributed by atoms with E-state index in [0.29, 0.717) is 18.0 Å². The molecule has 1 aromatic heterocycles. The van der Waals surface area contributed by atoms with Crippen LogP contribution in [0.4, 0.5) is 0 Å². The van der Waals surface area contributed by atoms with Gasteiger partial charge >= 0.3 is 0 Å². The molecule has 1 aliphatic rings. The summed E-state index contributed by atoms with van der Waals surface area (Å²) in [6, 6.07) is 0. The fraction of sp³-hybridized carbons (Fsp3) is 0.556. The molecule has 12 heavy (non-hydrogen) atoms. The van der Waals surface area contributed by atoms with Gasteiger partial charge in [-0.1, -0.05) is 0 Å². The van der Waals surface area contributed by atoms with Gasteiger partial charge in [-0.2, -0.15) is 0 Å². The first-order valence-electron chi connectivity index (χ1n) is 4.21. The zero-order valence-corrected chi connectivity index (χ0v) is 7.86. The Balaban J connectivity index is 2.03.